The molecule has 2 amide bonds. The van der Waals surface area contributed by atoms with Crippen LogP contribution in [0, 0.1) is 0 Å². The Hall–Kier alpha value is -7.67. The van der Waals surface area contributed by atoms with Crippen molar-refractivity contribution in [1.82, 2.24) is 19.6 Å². The summed E-state index contributed by atoms with van der Waals surface area (Å²) >= 11 is 5.28. The second-order valence-electron chi connectivity index (χ2n) is 23.6. The van der Waals surface area contributed by atoms with Gasteiger partial charge in [0.25, 0.3) is 17.3 Å². The number of benzene rings is 5. The van der Waals surface area contributed by atoms with Crippen LogP contribution < -0.4 is 20.1 Å². The zero-order valence-corrected chi connectivity index (χ0v) is 58.5. The minimum absolute atomic E-state index is 0.0176. The number of esters is 2. The molecule has 7 aromatic rings. The Morgan fingerprint density at radius 1 is 0.755 bits per heavy atom. The number of oxime groups is 1. The van der Waals surface area contributed by atoms with Crippen molar-refractivity contribution >= 4 is 98.7 Å². The van der Waals surface area contributed by atoms with Gasteiger partial charge in [0.2, 0.25) is 5.88 Å². The molecule has 94 heavy (non-hydrogen) atoms. The minimum atomic E-state index is -1.41. The second kappa shape index (κ2) is 34.7. The van der Waals surface area contributed by atoms with E-state index < -0.39 is 63.6 Å². The van der Waals surface area contributed by atoms with Crippen molar-refractivity contribution < 1.29 is 57.7 Å². The van der Waals surface area contributed by atoms with Crippen molar-refractivity contribution in [1.29, 1.82) is 0 Å². The lowest BCUT2D eigenvalue weighted by Crippen LogP contribution is -2.71. The SMILES string of the molecule is CCCC[N+](CCCC)(CCCC)CCCC.COc1ccc(OC(=O)C2=C(CSc3snc(O)c3C(=O)O)CS[C@H]3[C@H](NC(=O)/C(=N\O[C@H](Sc4ccccc4)C(=O)OC(C)(C)C)c4csc(NC(c5ccccc5)(c5ccccc5)c5ccccc5)n4)C(=O)N23)cc1. The van der Waals surface area contributed by atoms with E-state index in [1.807, 2.05) is 97.1 Å². The molecule has 498 valence electrons. The van der Waals surface area contributed by atoms with E-state index in [2.05, 4.69) is 47.9 Å². The van der Waals surface area contributed by atoms with Crippen LogP contribution in [-0.4, -0.2) is 132 Å². The van der Waals surface area contributed by atoms with Gasteiger partial charge in [-0.25, -0.2) is 19.4 Å². The molecule has 2 aliphatic rings. The Morgan fingerprint density at radius 3 is 1.78 bits per heavy atom. The van der Waals surface area contributed by atoms with Gasteiger partial charge in [0.15, 0.2) is 10.8 Å². The topological polar surface area (TPSA) is 228 Å². The Morgan fingerprint density at radius 2 is 1.28 bits per heavy atom. The van der Waals surface area contributed by atoms with Gasteiger partial charge in [-0.1, -0.05) is 179 Å². The van der Waals surface area contributed by atoms with Gasteiger partial charge in [-0.05, 0) is 117 Å². The number of carboxylic acid groups (broad SMARTS) is 1. The molecule has 9 rings (SSSR count). The fourth-order valence-corrected chi connectivity index (χ4v) is 15.8. The lowest BCUT2D eigenvalue weighted by Gasteiger charge is -2.49. The molecular formula is C71H84N7O11S5+. The van der Waals surface area contributed by atoms with E-state index in [1.54, 1.807) is 62.5 Å². The number of carbonyl (C=O) groups excluding carboxylic acids is 4. The van der Waals surface area contributed by atoms with Crippen LogP contribution in [0.15, 0.2) is 177 Å². The standard InChI is InChI=1S/C55H48N6O11S5.C16H36N/c1-54(2,3)71-50(68)51(76-38-23-15-8-16-24-38)72-59-41(39-31-75-53(56-39)58-55(33-17-9-5-10-18-33,34-19-11-6-12-20-34)35-21-13-7-14-22-35)45(63)57-42-46(64)61-43(49(67)70-37-27-25-36(69-4)26-28-37)32(29-73-47(42)61)30-74-52-40(48(65)66)44(62)60-77-52;1-5-9-13-17(14-10-6-2,15-11-7-3)16-12-8-4/h5-28,31,42,47,51H,29-30H2,1-4H3,(H,56,58)(H,57,63)(H,60,62)(H,65,66);5-16H2,1-4H3/q;+1/b59-41-;/t42-,47+,51-;/m1./s1. The number of aromatic hydroxyl groups is 1. The summed E-state index contributed by atoms with van der Waals surface area (Å²) in [6.45, 7) is 20.2. The molecule has 0 unspecified atom stereocenters. The van der Waals surface area contributed by atoms with E-state index in [9.17, 15) is 34.2 Å². The number of unbranched alkanes of at least 4 members (excludes halogenated alkanes) is 4. The van der Waals surface area contributed by atoms with Crippen LogP contribution in [0.3, 0.4) is 0 Å². The van der Waals surface area contributed by atoms with E-state index in [-0.39, 0.29) is 44.1 Å². The fraction of sp³-hybridized carbons (Fsp3) is 0.380. The van der Waals surface area contributed by atoms with E-state index in [1.165, 1.54) is 129 Å². The number of hydrogen-bond acceptors (Lipinski definition) is 19. The van der Waals surface area contributed by atoms with E-state index in [0.29, 0.717) is 21.3 Å². The summed E-state index contributed by atoms with van der Waals surface area (Å²) in [5.41, 5.74) is -0.996. The largest absolute Gasteiger partial charge is 0.497 e. The van der Waals surface area contributed by atoms with Crippen molar-refractivity contribution in [2.24, 2.45) is 5.16 Å². The number of hydrogen-bond donors (Lipinski definition) is 4. The molecule has 0 spiro atoms. The van der Waals surface area contributed by atoms with Gasteiger partial charge in [-0.2, -0.15) is 4.37 Å². The Labute approximate surface area is 572 Å². The summed E-state index contributed by atoms with van der Waals surface area (Å²) in [5.74, 6) is -4.36. The number of aromatic carboxylic acids is 1. The summed E-state index contributed by atoms with van der Waals surface area (Å²) in [6.07, 6.45) is 11.1. The molecule has 0 bridgehead atoms. The van der Waals surface area contributed by atoms with Gasteiger partial charge < -0.3 is 44.4 Å². The first-order valence-corrected chi connectivity index (χ1v) is 36.3. The number of β-lactam (4-membered cyclic amide) rings is 1. The van der Waals surface area contributed by atoms with Gasteiger partial charge in [0.1, 0.15) is 51.0 Å². The zero-order valence-electron chi connectivity index (χ0n) is 54.4. The molecule has 3 atom stereocenters. The highest BCUT2D eigenvalue weighted by molar-refractivity contribution is 8.02. The van der Waals surface area contributed by atoms with Crippen LogP contribution in [-0.2, 0) is 34.3 Å². The summed E-state index contributed by atoms with van der Waals surface area (Å²) in [5, 5.41) is 32.0. The number of anilines is 1. The molecule has 18 nitrogen and oxygen atoms in total. The predicted octanol–water partition coefficient (Wildman–Crippen LogP) is 14.7. The van der Waals surface area contributed by atoms with Crippen molar-refractivity contribution in [3.05, 3.63) is 190 Å². The quantitative estimate of drug-likeness (QED) is 0.00354. The second-order valence-corrected chi connectivity index (χ2v) is 28.8. The van der Waals surface area contributed by atoms with E-state index in [4.69, 9.17) is 24.0 Å². The van der Waals surface area contributed by atoms with Crippen LogP contribution in [0.5, 0.6) is 17.4 Å². The van der Waals surface area contributed by atoms with Gasteiger partial charge >= 0.3 is 17.9 Å². The molecule has 4 N–H and O–H groups in total. The average molecular weight is 1370 g/mol. The van der Waals surface area contributed by atoms with Crippen LogP contribution in [0.2, 0.25) is 0 Å². The summed E-state index contributed by atoms with van der Waals surface area (Å²) in [6, 6.07) is 43.6. The van der Waals surface area contributed by atoms with Crippen molar-refractivity contribution in [3.8, 4) is 17.4 Å². The number of ether oxygens (including phenoxy) is 3. The number of carbonyl (C=O) groups is 5. The molecule has 2 aliphatic heterocycles. The highest BCUT2D eigenvalue weighted by atomic mass is 32.2. The highest BCUT2D eigenvalue weighted by Crippen LogP contribution is 2.45. The summed E-state index contributed by atoms with van der Waals surface area (Å²) in [7, 11) is 1.49. The molecule has 0 radical (unpaired) electrons. The first-order valence-electron chi connectivity index (χ1n) is 31.7. The third-order valence-electron chi connectivity index (χ3n) is 15.7. The number of aromatic nitrogens is 2. The van der Waals surface area contributed by atoms with Crippen molar-refractivity contribution in [3.63, 3.8) is 0 Å². The summed E-state index contributed by atoms with van der Waals surface area (Å²) < 4.78 is 22.2. The number of carboxylic acids is 1. The van der Waals surface area contributed by atoms with Gasteiger partial charge in [-0.15, -0.1) is 34.9 Å². The number of rotatable bonds is 32. The molecule has 4 heterocycles. The smallest absolute Gasteiger partial charge is 0.361 e. The number of amides is 2. The molecular weight excluding hydrogens is 1290 g/mol. The predicted molar refractivity (Wildman–Crippen MR) is 376 cm³/mol. The molecule has 2 aromatic heterocycles. The van der Waals surface area contributed by atoms with Gasteiger partial charge in [0, 0.05) is 21.8 Å². The molecule has 0 aliphatic carbocycles. The van der Waals surface area contributed by atoms with E-state index >= 15 is 0 Å². The number of thioether (sulfide) groups is 3. The number of nitrogens with zero attached hydrogens (tertiary/aromatic N) is 5. The number of quaternary nitrogens is 1. The first-order chi connectivity index (χ1) is 45.4. The fourth-order valence-electron chi connectivity index (χ4n) is 10.9. The monoisotopic (exact) mass is 1370 g/mol. The maximum absolute atomic E-state index is 14.9. The van der Waals surface area contributed by atoms with Crippen molar-refractivity contribution in [2.45, 2.75) is 137 Å². The Balaban J connectivity index is 0.000000584. The third-order valence-corrected chi connectivity index (χ3v) is 21.0. The molecule has 1 saturated heterocycles. The zero-order chi connectivity index (χ0) is 67.3. The third kappa shape index (κ3) is 18.6. The molecule has 5 aromatic carbocycles. The number of fused-ring (bicyclic) bond motifs is 1. The number of thiazole rings is 1. The summed E-state index contributed by atoms with van der Waals surface area (Å²) in [4.78, 5) is 82.4. The number of methoxy groups -OCH3 is 1. The molecule has 1 fully saturated rings. The number of nitrogens with one attached hydrogen (secondary N) is 2. The van der Waals surface area contributed by atoms with Crippen LogP contribution >= 0.6 is 58.2 Å². The highest BCUT2D eigenvalue weighted by Gasteiger charge is 2.55. The lowest BCUT2D eigenvalue weighted by molar-refractivity contribution is -0.929. The van der Waals surface area contributed by atoms with E-state index in [0.717, 1.165) is 51.7 Å². The Bertz CT molecular complexity index is 3550. The first kappa shape index (κ1) is 72.2. The molecule has 0 saturated carbocycles. The van der Waals surface area contributed by atoms with Gasteiger partial charge in [-0.3, -0.25) is 14.5 Å². The van der Waals surface area contributed by atoms with Crippen LogP contribution in [0.4, 0.5) is 5.13 Å². The maximum atomic E-state index is 14.9. The maximum Gasteiger partial charge on any atom is 0.361 e. The molecule has 23 heteroatoms. The van der Waals surface area contributed by atoms with Crippen LogP contribution in [0.1, 0.15) is 133 Å². The normalized spacial score (nSPS) is 15.2. The Kier molecular flexibility index (Phi) is 26.6. The lowest BCUT2D eigenvalue weighted by atomic mass is 9.77. The minimum Gasteiger partial charge on any atom is -0.497 e. The van der Waals surface area contributed by atoms with Crippen molar-refractivity contribution in [2.75, 3.05) is 50.1 Å². The van der Waals surface area contributed by atoms with Gasteiger partial charge in [0.05, 0.1) is 37.5 Å². The average Bonchev–Trinajstić information content (AvgIpc) is 0.760. The van der Waals surface area contributed by atoms with Crippen LogP contribution in [0.25, 0.3) is 0 Å².